The molecule has 25 heavy (non-hydrogen) atoms. The van der Waals surface area contributed by atoms with Crippen molar-refractivity contribution in [3.05, 3.63) is 65.5 Å². The zero-order chi connectivity index (χ0) is 18.7. The van der Waals surface area contributed by atoms with Crippen LogP contribution in [0.5, 0.6) is 0 Å². The molecule has 0 saturated carbocycles. The Morgan fingerprint density at radius 2 is 1.48 bits per heavy atom. The minimum absolute atomic E-state index is 0.0326. The van der Waals surface area contributed by atoms with E-state index in [4.69, 9.17) is 13.7 Å². The lowest BCUT2D eigenvalue weighted by Crippen LogP contribution is -2.44. The molecule has 0 aliphatic carbocycles. The average molecular weight is 368 g/mol. The fraction of sp³-hybridized carbons (Fsp3) is 0.333. The van der Waals surface area contributed by atoms with Crippen LogP contribution in [0.1, 0.15) is 18.1 Å². The van der Waals surface area contributed by atoms with Gasteiger partial charge in [0.1, 0.15) is 11.9 Å². The standard InChI is InChI=1S/C18H21FO5S/c1-13-5-11-17(12-6-13)25(20,21)24-14(2)18(22-3,23-4)15-7-9-16(19)10-8-15/h5-12,14H,1-4H3. The maximum absolute atomic E-state index is 13.2. The molecule has 7 heteroatoms. The first-order valence-electron chi connectivity index (χ1n) is 7.61. The van der Waals surface area contributed by atoms with Gasteiger partial charge in [0.2, 0.25) is 5.79 Å². The normalized spacial score (nSPS) is 13.6. The summed E-state index contributed by atoms with van der Waals surface area (Å²) >= 11 is 0. The van der Waals surface area contributed by atoms with Gasteiger partial charge >= 0.3 is 0 Å². The van der Waals surface area contributed by atoms with Gasteiger partial charge in [-0.2, -0.15) is 8.42 Å². The third-order valence-electron chi connectivity index (χ3n) is 3.97. The van der Waals surface area contributed by atoms with Crippen LogP contribution in [-0.2, 0) is 29.6 Å². The van der Waals surface area contributed by atoms with E-state index in [-0.39, 0.29) is 4.90 Å². The zero-order valence-corrected chi connectivity index (χ0v) is 15.3. The summed E-state index contributed by atoms with van der Waals surface area (Å²) in [6, 6.07) is 11.7. The lowest BCUT2D eigenvalue weighted by atomic mass is 10.0. The third kappa shape index (κ3) is 4.07. The van der Waals surface area contributed by atoms with Crippen molar-refractivity contribution in [1.82, 2.24) is 0 Å². The molecule has 0 saturated heterocycles. The molecule has 0 spiro atoms. The summed E-state index contributed by atoms with van der Waals surface area (Å²) in [4.78, 5) is 0.0326. The van der Waals surface area contributed by atoms with Crippen molar-refractivity contribution < 1.29 is 26.5 Å². The summed E-state index contributed by atoms with van der Waals surface area (Å²) in [6.45, 7) is 3.37. The van der Waals surface area contributed by atoms with Crippen molar-refractivity contribution >= 4 is 10.1 Å². The van der Waals surface area contributed by atoms with Crippen LogP contribution in [0.4, 0.5) is 4.39 Å². The van der Waals surface area contributed by atoms with E-state index >= 15 is 0 Å². The largest absolute Gasteiger partial charge is 0.347 e. The van der Waals surface area contributed by atoms with Crippen LogP contribution in [0.25, 0.3) is 0 Å². The summed E-state index contributed by atoms with van der Waals surface area (Å²) in [6.07, 6.45) is -1.03. The second kappa shape index (κ2) is 7.61. The zero-order valence-electron chi connectivity index (χ0n) is 14.5. The molecular formula is C18H21FO5S. The summed E-state index contributed by atoms with van der Waals surface area (Å²) in [5, 5.41) is 0. The minimum atomic E-state index is -4.03. The van der Waals surface area contributed by atoms with Gasteiger partial charge in [0.05, 0.1) is 4.90 Å². The minimum Gasteiger partial charge on any atom is -0.347 e. The van der Waals surface area contributed by atoms with Gasteiger partial charge in [-0.25, -0.2) is 4.39 Å². The molecule has 5 nitrogen and oxygen atoms in total. The summed E-state index contributed by atoms with van der Waals surface area (Å²) in [7, 11) is -1.30. The number of benzene rings is 2. The SMILES string of the molecule is COC(OC)(c1ccc(F)cc1)C(C)OS(=O)(=O)c1ccc(C)cc1. The van der Waals surface area contributed by atoms with Gasteiger partial charge in [0.15, 0.2) is 0 Å². The van der Waals surface area contributed by atoms with E-state index in [0.29, 0.717) is 5.56 Å². The maximum Gasteiger partial charge on any atom is 0.297 e. The van der Waals surface area contributed by atoms with E-state index in [0.717, 1.165) is 5.56 Å². The number of rotatable bonds is 7. The first kappa shape index (κ1) is 19.5. The molecule has 2 aromatic rings. The van der Waals surface area contributed by atoms with E-state index < -0.39 is 27.8 Å². The number of halogens is 1. The Kier molecular flexibility index (Phi) is 5.95. The molecule has 0 radical (unpaired) electrons. The quantitative estimate of drug-likeness (QED) is 0.554. The number of hydrogen-bond acceptors (Lipinski definition) is 5. The van der Waals surface area contributed by atoms with Crippen molar-refractivity contribution in [2.45, 2.75) is 30.6 Å². The van der Waals surface area contributed by atoms with Crippen LogP contribution < -0.4 is 0 Å². The number of ether oxygens (including phenoxy) is 2. The third-order valence-corrected chi connectivity index (χ3v) is 5.36. The van der Waals surface area contributed by atoms with Crippen LogP contribution in [0.2, 0.25) is 0 Å². The van der Waals surface area contributed by atoms with E-state index in [1.807, 2.05) is 6.92 Å². The van der Waals surface area contributed by atoms with Crippen molar-refractivity contribution in [3.63, 3.8) is 0 Å². The molecule has 0 amide bonds. The molecule has 0 fully saturated rings. The number of hydrogen-bond donors (Lipinski definition) is 0. The Balaban J connectivity index is 2.35. The molecule has 136 valence electrons. The number of aryl methyl sites for hydroxylation is 1. The Morgan fingerprint density at radius 3 is 1.96 bits per heavy atom. The van der Waals surface area contributed by atoms with Crippen LogP contribution in [0.15, 0.2) is 53.4 Å². The van der Waals surface area contributed by atoms with E-state index in [9.17, 15) is 12.8 Å². The molecular weight excluding hydrogens is 347 g/mol. The highest BCUT2D eigenvalue weighted by atomic mass is 32.2. The van der Waals surface area contributed by atoms with E-state index in [1.54, 1.807) is 12.1 Å². The summed E-state index contributed by atoms with van der Waals surface area (Å²) < 4.78 is 54.5. The van der Waals surface area contributed by atoms with Gasteiger partial charge in [0.25, 0.3) is 10.1 Å². The molecule has 1 unspecified atom stereocenters. The van der Waals surface area contributed by atoms with E-state index in [1.165, 1.54) is 57.5 Å². The lowest BCUT2D eigenvalue weighted by Gasteiger charge is -2.35. The van der Waals surface area contributed by atoms with E-state index in [2.05, 4.69) is 0 Å². The first-order chi connectivity index (χ1) is 11.7. The van der Waals surface area contributed by atoms with Gasteiger partial charge in [0, 0.05) is 19.8 Å². The molecule has 0 bridgehead atoms. The average Bonchev–Trinajstić information content (AvgIpc) is 2.58. The van der Waals surface area contributed by atoms with Crippen LogP contribution >= 0.6 is 0 Å². The van der Waals surface area contributed by atoms with Crippen LogP contribution in [-0.4, -0.2) is 28.7 Å². The monoisotopic (exact) mass is 368 g/mol. The van der Waals surface area contributed by atoms with Crippen molar-refractivity contribution in [3.8, 4) is 0 Å². The van der Waals surface area contributed by atoms with Gasteiger partial charge in [-0.15, -0.1) is 0 Å². The summed E-state index contributed by atoms with van der Waals surface area (Å²) in [5.41, 5.74) is 1.37. The predicted octanol–water partition coefficient (Wildman–Crippen LogP) is 3.37. The molecule has 0 heterocycles. The molecule has 2 aromatic carbocycles. The van der Waals surface area contributed by atoms with Gasteiger partial charge < -0.3 is 9.47 Å². The Morgan fingerprint density at radius 1 is 0.960 bits per heavy atom. The smallest absolute Gasteiger partial charge is 0.297 e. The summed E-state index contributed by atoms with van der Waals surface area (Å²) in [5.74, 6) is -1.93. The Hall–Kier alpha value is -1.80. The number of methoxy groups -OCH3 is 2. The molecule has 0 N–H and O–H groups in total. The Bertz CT molecular complexity index is 796. The highest BCUT2D eigenvalue weighted by Crippen LogP contribution is 2.33. The van der Waals surface area contributed by atoms with Gasteiger partial charge in [-0.05, 0) is 38.1 Å². The molecule has 0 aromatic heterocycles. The lowest BCUT2D eigenvalue weighted by molar-refractivity contribution is -0.257. The van der Waals surface area contributed by atoms with Gasteiger partial charge in [-0.1, -0.05) is 29.8 Å². The fourth-order valence-corrected chi connectivity index (χ4v) is 3.67. The fourth-order valence-electron chi connectivity index (χ4n) is 2.58. The van der Waals surface area contributed by atoms with Crippen LogP contribution in [0, 0.1) is 12.7 Å². The second-order valence-electron chi connectivity index (χ2n) is 5.59. The molecule has 2 rings (SSSR count). The predicted molar refractivity (Wildman–Crippen MR) is 91.0 cm³/mol. The Labute approximate surface area is 147 Å². The van der Waals surface area contributed by atoms with Crippen molar-refractivity contribution in [2.75, 3.05) is 14.2 Å². The first-order valence-corrected chi connectivity index (χ1v) is 9.02. The highest BCUT2D eigenvalue weighted by molar-refractivity contribution is 7.86. The molecule has 1 atom stereocenters. The molecule has 0 aliphatic heterocycles. The van der Waals surface area contributed by atoms with Crippen molar-refractivity contribution in [2.24, 2.45) is 0 Å². The topological polar surface area (TPSA) is 61.8 Å². The van der Waals surface area contributed by atoms with Gasteiger partial charge in [-0.3, -0.25) is 4.18 Å². The molecule has 0 aliphatic rings. The van der Waals surface area contributed by atoms with Crippen molar-refractivity contribution in [1.29, 1.82) is 0 Å². The second-order valence-corrected chi connectivity index (χ2v) is 7.16. The van der Waals surface area contributed by atoms with Crippen LogP contribution in [0.3, 0.4) is 0 Å². The maximum atomic E-state index is 13.2. The highest BCUT2D eigenvalue weighted by Gasteiger charge is 2.42.